The van der Waals surface area contributed by atoms with E-state index in [0.717, 1.165) is 11.3 Å². The van der Waals surface area contributed by atoms with Gasteiger partial charge in [0.2, 0.25) is 0 Å². The Kier molecular flexibility index (Phi) is 2.68. The van der Waals surface area contributed by atoms with Gasteiger partial charge >= 0.3 is 0 Å². The van der Waals surface area contributed by atoms with Crippen molar-refractivity contribution in [3.05, 3.63) is 17.7 Å². The number of ether oxygens (including phenoxy) is 2. The SMILES string of the molecule is COc1cc2c(cc1OC)NCC(O)C2. The molecule has 1 aliphatic rings. The van der Waals surface area contributed by atoms with Gasteiger partial charge in [-0.25, -0.2) is 0 Å². The molecule has 4 nitrogen and oxygen atoms in total. The van der Waals surface area contributed by atoms with Crippen LogP contribution in [-0.2, 0) is 6.42 Å². The van der Waals surface area contributed by atoms with Crippen molar-refractivity contribution in [2.75, 3.05) is 26.1 Å². The molecule has 0 bridgehead atoms. The molecule has 0 spiro atoms. The van der Waals surface area contributed by atoms with Crippen molar-refractivity contribution in [1.29, 1.82) is 0 Å². The van der Waals surface area contributed by atoms with E-state index < -0.39 is 0 Å². The van der Waals surface area contributed by atoms with Crippen molar-refractivity contribution < 1.29 is 14.6 Å². The summed E-state index contributed by atoms with van der Waals surface area (Å²) in [5, 5.41) is 12.7. The zero-order chi connectivity index (χ0) is 10.8. The molecule has 0 aliphatic carbocycles. The Morgan fingerprint density at radius 2 is 1.93 bits per heavy atom. The Morgan fingerprint density at radius 3 is 2.60 bits per heavy atom. The highest BCUT2D eigenvalue weighted by molar-refractivity contribution is 5.62. The fraction of sp³-hybridized carbons (Fsp3) is 0.455. The minimum absolute atomic E-state index is 0.324. The van der Waals surface area contributed by atoms with Gasteiger partial charge in [0.1, 0.15) is 0 Å². The maximum atomic E-state index is 9.51. The zero-order valence-corrected chi connectivity index (χ0v) is 8.91. The topological polar surface area (TPSA) is 50.7 Å². The first-order chi connectivity index (χ1) is 7.24. The van der Waals surface area contributed by atoms with Crippen molar-refractivity contribution in [3.63, 3.8) is 0 Å². The van der Waals surface area contributed by atoms with E-state index in [4.69, 9.17) is 9.47 Å². The van der Waals surface area contributed by atoms with E-state index in [1.807, 2.05) is 12.1 Å². The summed E-state index contributed by atoms with van der Waals surface area (Å²) in [6.45, 7) is 0.586. The largest absolute Gasteiger partial charge is 0.493 e. The van der Waals surface area contributed by atoms with Crippen LogP contribution >= 0.6 is 0 Å². The highest BCUT2D eigenvalue weighted by Crippen LogP contribution is 2.35. The van der Waals surface area contributed by atoms with Crippen LogP contribution in [0.5, 0.6) is 11.5 Å². The van der Waals surface area contributed by atoms with Gasteiger partial charge in [0.25, 0.3) is 0 Å². The van der Waals surface area contributed by atoms with Gasteiger partial charge in [-0.3, -0.25) is 0 Å². The van der Waals surface area contributed by atoms with Gasteiger partial charge in [0, 0.05) is 24.7 Å². The molecule has 2 rings (SSSR count). The lowest BCUT2D eigenvalue weighted by Crippen LogP contribution is -2.27. The van der Waals surface area contributed by atoms with E-state index in [0.29, 0.717) is 24.5 Å². The maximum absolute atomic E-state index is 9.51. The second-order valence-corrected chi connectivity index (χ2v) is 3.60. The number of hydrogen-bond acceptors (Lipinski definition) is 4. The van der Waals surface area contributed by atoms with Crippen LogP contribution in [0.3, 0.4) is 0 Å². The predicted octanol–water partition coefficient (Wildman–Crippen LogP) is 1.03. The van der Waals surface area contributed by atoms with Gasteiger partial charge in [-0.05, 0) is 11.6 Å². The van der Waals surface area contributed by atoms with E-state index in [9.17, 15) is 5.11 Å². The molecule has 1 atom stereocenters. The number of aliphatic hydroxyl groups excluding tert-OH is 1. The van der Waals surface area contributed by atoms with Crippen LogP contribution in [0, 0.1) is 0 Å². The molecular weight excluding hydrogens is 194 g/mol. The third kappa shape index (κ3) is 1.85. The van der Waals surface area contributed by atoms with Crippen LogP contribution in [-0.4, -0.2) is 32.0 Å². The fourth-order valence-corrected chi connectivity index (χ4v) is 1.81. The summed E-state index contributed by atoms with van der Waals surface area (Å²) in [5.74, 6) is 1.41. The van der Waals surface area contributed by atoms with E-state index in [1.165, 1.54) is 0 Å². The average molecular weight is 209 g/mol. The molecule has 1 unspecified atom stereocenters. The quantitative estimate of drug-likeness (QED) is 0.764. The third-order valence-electron chi connectivity index (χ3n) is 2.59. The van der Waals surface area contributed by atoms with Crippen LogP contribution in [0.25, 0.3) is 0 Å². The molecule has 1 aromatic carbocycles. The van der Waals surface area contributed by atoms with E-state index >= 15 is 0 Å². The maximum Gasteiger partial charge on any atom is 0.162 e. The number of anilines is 1. The molecule has 2 N–H and O–H groups in total. The van der Waals surface area contributed by atoms with Crippen LogP contribution in [0.15, 0.2) is 12.1 Å². The molecule has 1 heterocycles. The number of benzene rings is 1. The second kappa shape index (κ2) is 3.98. The highest BCUT2D eigenvalue weighted by atomic mass is 16.5. The Labute approximate surface area is 88.8 Å². The van der Waals surface area contributed by atoms with Gasteiger partial charge in [-0.15, -0.1) is 0 Å². The van der Waals surface area contributed by atoms with E-state index in [-0.39, 0.29) is 6.10 Å². The number of rotatable bonds is 2. The summed E-state index contributed by atoms with van der Waals surface area (Å²) in [6.07, 6.45) is 0.332. The van der Waals surface area contributed by atoms with Crippen LogP contribution in [0.4, 0.5) is 5.69 Å². The number of fused-ring (bicyclic) bond motifs is 1. The lowest BCUT2D eigenvalue weighted by atomic mass is 10.0. The lowest BCUT2D eigenvalue weighted by molar-refractivity contribution is 0.184. The van der Waals surface area contributed by atoms with Gasteiger partial charge in [0.05, 0.1) is 20.3 Å². The molecular formula is C11H15NO3. The molecule has 82 valence electrons. The Hall–Kier alpha value is -1.42. The van der Waals surface area contributed by atoms with Crippen molar-refractivity contribution in [3.8, 4) is 11.5 Å². The molecule has 0 amide bonds. The van der Waals surface area contributed by atoms with E-state index in [2.05, 4.69) is 5.32 Å². The molecule has 0 saturated heterocycles. The van der Waals surface area contributed by atoms with Gasteiger partial charge in [-0.1, -0.05) is 0 Å². The first kappa shape index (κ1) is 10.1. The minimum Gasteiger partial charge on any atom is -0.493 e. The third-order valence-corrected chi connectivity index (χ3v) is 2.59. The first-order valence-electron chi connectivity index (χ1n) is 4.91. The monoisotopic (exact) mass is 209 g/mol. The summed E-state index contributed by atoms with van der Waals surface area (Å²) >= 11 is 0. The Morgan fingerprint density at radius 1 is 1.27 bits per heavy atom. The normalized spacial score (nSPS) is 19.0. The molecule has 0 aromatic heterocycles. The van der Waals surface area contributed by atoms with Crippen molar-refractivity contribution >= 4 is 5.69 Å². The lowest BCUT2D eigenvalue weighted by Gasteiger charge is -2.23. The van der Waals surface area contributed by atoms with Gasteiger partial charge in [-0.2, -0.15) is 0 Å². The number of β-amino-alcohol motifs (C(OH)–C–C–N with tert-alkyl or cyclic N) is 1. The van der Waals surface area contributed by atoms with Crippen molar-refractivity contribution in [1.82, 2.24) is 0 Å². The van der Waals surface area contributed by atoms with Crippen LogP contribution in [0.1, 0.15) is 5.56 Å². The molecule has 0 radical (unpaired) electrons. The molecule has 1 aliphatic heterocycles. The minimum atomic E-state index is -0.324. The highest BCUT2D eigenvalue weighted by Gasteiger charge is 2.18. The first-order valence-corrected chi connectivity index (χ1v) is 4.91. The molecule has 0 saturated carbocycles. The molecule has 0 fully saturated rings. The number of methoxy groups -OCH3 is 2. The summed E-state index contributed by atoms with van der Waals surface area (Å²) in [6, 6.07) is 3.81. The molecule has 15 heavy (non-hydrogen) atoms. The zero-order valence-electron chi connectivity index (χ0n) is 8.91. The van der Waals surface area contributed by atoms with Crippen LogP contribution < -0.4 is 14.8 Å². The standard InChI is InChI=1S/C11H15NO3/c1-14-10-4-7-3-8(13)6-12-9(7)5-11(10)15-2/h4-5,8,12-13H,3,6H2,1-2H3. The van der Waals surface area contributed by atoms with Gasteiger partial charge < -0.3 is 19.9 Å². The summed E-state index contributed by atoms with van der Waals surface area (Å²) < 4.78 is 10.4. The van der Waals surface area contributed by atoms with Gasteiger partial charge in [0.15, 0.2) is 11.5 Å². The predicted molar refractivity (Wildman–Crippen MR) is 57.7 cm³/mol. The van der Waals surface area contributed by atoms with Crippen LogP contribution in [0.2, 0.25) is 0 Å². The average Bonchev–Trinajstić information content (AvgIpc) is 2.27. The fourth-order valence-electron chi connectivity index (χ4n) is 1.81. The summed E-state index contributed by atoms with van der Waals surface area (Å²) in [7, 11) is 3.22. The second-order valence-electron chi connectivity index (χ2n) is 3.60. The van der Waals surface area contributed by atoms with Crippen molar-refractivity contribution in [2.24, 2.45) is 0 Å². The number of aliphatic hydroxyl groups is 1. The summed E-state index contributed by atoms with van der Waals surface area (Å²) in [4.78, 5) is 0. The number of nitrogens with one attached hydrogen (secondary N) is 1. The molecule has 4 heteroatoms. The molecule has 1 aromatic rings. The Bertz CT molecular complexity index is 365. The Balaban J connectivity index is 2.41. The smallest absolute Gasteiger partial charge is 0.162 e. The van der Waals surface area contributed by atoms with Crippen molar-refractivity contribution in [2.45, 2.75) is 12.5 Å². The summed E-state index contributed by atoms with van der Waals surface area (Å²) in [5.41, 5.74) is 2.07. The van der Waals surface area contributed by atoms with E-state index in [1.54, 1.807) is 14.2 Å². The number of hydrogen-bond donors (Lipinski definition) is 2.